The van der Waals surface area contributed by atoms with E-state index < -0.39 is 0 Å². The Morgan fingerprint density at radius 2 is 2.35 bits per heavy atom. The van der Waals surface area contributed by atoms with E-state index in [0.29, 0.717) is 17.3 Å². The van der Waals surface area contributed by atoms with Gasteiger partial charge in [-0.1, -0.05) is 6.07 Å². The molecule has 26 heavy (non-hydrogen) atoms. The second kappa shape index (κ2) is 7.39. The maximum absolute atomic E-state index is 12.6. The van der Waals surface area contributed by atoms with Crippen LogP contribution in [0, 0.1) is 6.92 Å². The van der Waals surface area contributed by atoms with Gasteiger partial charge in [-0.25, -0.2) is 0 Å². The number of nitrogens with zero attached hydrogens (tertiary/aromatic N) is 3. The lowest BCUT2D eigenvalue weighted by atomic mass is 10.1. The number of rotatable bonds is 5. The molecule has 1 aliphatic rings. The lowest BCUT2D eigenvalue weighted by Gasteiger charge is -2.09. The van der Waals surface area contributed by atoms with Crippen molar-refractivity contribution in [1.82, 2.24) is 20.1 Å². The molecule has 0 aromatic carbocycles. The number of pyridine rings is 1. The predicted octanol–water partition coefficient (Wildman–Crippen LogP) is 3.32. The first-order valence-electron chi connectivity index (χ1n) is 8.78. The lowest BCUT2D eigenvalue weighted by Crippen LogP contribution is -2.26. The Bertz CT molecular complexity index is 897. The van der Waals surface area contributed by atoms with Crippen LogP contribution < -0.4 is 10.6 Å². The molecule has 1 aliphatic heterocycles. The number of carbonyl (C=O) groups excluding carboxylic acids is 1. The van der Waals surface area contributed by atoms with Gasteiger partial charge in [-0.15, -0.1) is 11.3 Å². The van der Waals surface area contributed by atoms with Crippen molar-refractivity contribution in [2.75, 3.05) is 11.9 Å². The van der Waals surface area contributed by atoms with Gasteiger partial charge in [-0.2, -0.15) is 5.10 Å². The molecule has 0 spiro atoms. The molecule has 1 amide bonds. The molecule has 0 aliphatic carbocycles. The number of carbonyl (C=O) groups is 1. The van der Waals surface area contributed by atoms with Gasteiger partial charge in [0.2, 0.25) is 0 Å². The van der Waals surface area contributed by atoms with Crippen LogP contribution in [0.2, 0.25) is 0 Å². The van der Waals surface area contributed by atoms with E-state index in [1.165, 1.54) is 12.8 Å². The van der Waals surface area contributed by atoms with E-state index in [-0.39, 0.29) is 5.91 Å². The standard InChI is InChI=1S/C19H21N5OS/c1-13-16(6-7-17(22-13)18-5-3-9-26-18)19(25)23-15-10-21-24(12-15)11-14-4-2-8-20-14/h3,5-7,9-10,12,14,20H,2,4,8,11H2,1H3,(H,23,25). The van der Waals surface area contributed by atoms with Crippen LogP contribution in [0.25, 0.3) is 10.6 Å². The average molecular weight is 367 g/mol. The predicted molar refractivity (Wildman–Crippen MR) is 103 cm³/mol. The van der Waals surface area contributed by atoms with E-state index in [9.17, 15) is 4.79 Å². The minimum absolute atomic E-state index is 0.161. The molecule has 2 N–H and O–H groups in total. The van der Waals surface area contributed by atoms with Crippen LogP contribution in [-0.4, -0.2) is 33.3 Å². The maximum Gasteiger partial charge on any atom is 0.257 e. The van der Waals surface area contributed by atoms with Gasteiger partial charge in [0, 0.05) is 12.2 Å². The summed E-state index contributed by atoms with van der Waals surface area (Å²) in [5.41, 5.74) is 2.90. The third-order valence-electron chi connectivity index (χ3n) is 4.57. The van der Waals surface area contributed by atoms with Gasteiger partial charge in [-0.3, -0.25) is 14.5 Å². The fraction of sp³-hybridized carbons (Fsp3) is 0.316. The van der Waals surface area contributed by atoms with Crippen LogP contribution in [0.3, 0.4) is 0 Å². The van der Waals surface area contributed by atoms with Crippen LogP contribution in [-0.2, 0) is 6.54 Å². The maximum atomic E-state index is 12.6. The first-order chi connectivity index (χ1) is 12.7. The Kier molecular flexibility index (Phi) is 4.81. The second-order valence-electron chi connectivity index (χ2n) is 6.51. The van der Waals surface area contributed by atoms with Gasteiger partial charge in [-0.05, 0) is 49.9 Å². The van der Waals surface area contributed by atoms with Crippen molar-refractivity contribution >= 4 is 22.9 Å². The lowest BCUT2D eigenvalue weighted by molar-refractivity contribution is 0.102. The summed E-state index contributed by atoms with van der Waals surface area (Å²) in [6, 6.07) is 8.22. The monoisotopic (exact) mass is 367 g/mol. The molecule has 0 radical (unpaired) electrons. The van der Waals surface area contributed by atoms with E-state index in [1.54, 1.807) is 17.5 Å². The van der Waals surface area contributed by atoms with E-state index in [0.717, 1.165) is 29.4 Å². The number of hydrogen-bond acceptors (Lipinski definition) is 5. The van der Waals surface area contributed by atoms with Gasteiger partial charge in [0.25, 0.3) is 5.91 Å². The Morgan fingerprint density at radius 3 is 3.08 bits per heavy atom. The third-order valence-corrected chi connectivity index (χ3v) is 5.46. The SMILES string of the molecule is Cc1nc(-c2cccs2)ccc1C(=O)Nc1cnn(CC2CCCN2)c1. The number of thiophene rings is 1. The van der Waals surface area contributed by atoms with Crippen molar-refractivity contribution in [3.8, 4) is 10.6 Å². The summed E-state index contributed by atoms with van der Waals surface area (Å²) in [7, 11) is 0. The number of amides is 1. The van der Waals surface area contributed by atoms with Gasteiger partial charge in [0.1, 0.15) is 0 Å². The van der Waals surface area contributed by atoms with Crippen LogP contribution in [0.5, 0.6) is 0 Å². The van der Waals surface area contributed by atoms with Crippen molar-refractivity contribution in [3.05, 3.63) is 53.3 Å². The van der Waals surface area contributed by atoms with Crippen molar-refractivity contribution in [1.29, 1.82) is 0 Å². The molecular weight excluding hydrogens is 346 g/mol. The van der Waals surface area contributed by atoms with Crippen LogP contribution in [0.4, 0.5) is 5.69 Å². The fourth-order valence-corrected chi connectivity index (χ4v) is 3.92. The molecule has 1 saturated heterocycles. The summed E-state index contributed by atoms with van der Waals surface area (Å²) in [6.07, 6.45) is 5.95. The summed E-state index contributed by atoms with van der Waals surface area (Å²) < 4.78 is 1.88. The number of anilines is 1. The summed E-state index contributed by atoms with van der Waals surface area (Å²) >= 11 is 1.64. The highest BCUT2D eigenvalue weighted by Gasteiger charge is 2.16. The van der Waals surface area contributed by atoms with Crippen molar-refractivity contribution in [2.45, 2.75) is 32.4 Å². The van der Waals surface area contributed by atoms with E-state index >= 15 is 0 Å². The Morgan fingerprint density at radius 1 is 1.42 bits per heavy atom. The van der Waals surface area contributed by atoms with Crippen LogP contribution in [0.15, 0.2) is 42.0 Å². The van der Waals surface area contributed by atoms with Gasteiger partial charge >= 0.3 is 0 Å². The number of nitrogens with one attached hydrogen (secondary N) is 2. The molecule has 1 fully saturated rings. The molecule has 134 valence electrons. The Hall–Kier alpha value is -2.51. The molecule has 4 rings (SSSR count). The largest absolute Gasteiger partial charge is 0.319 e. The highest BCUT2D eigenvalue weighted by atomic mass is 32.1. The van der Waals surface area contributed by atoms with Gasteiger partial charge < -0.3 is 10.6 Å². The topological polar surface area (TPSA) is 71.8 Å². The molecule has 0 saturated carbocycles. The van der Waals surface area contributed by atoms with Gasteiger partial charge in [0.05, 0.1) is 40.3 Å². The number of hydrogen-bond donors (Lipinski definition) is 2. The first kappa shape index (κ1) is 16.9. The molecule has 1 atom stereocenters. The first-order valence-corrected chi connectivity index (χ1v) is 9.66. The Labute approximate surface area is 156 Å². The summed E-state index contributed by atoms with van der Waals surface area (Å²) in [4.78, 5) is 18.3. The fourth-order valence-electron chi connectivity index (χ4n) is 3.23. The summed E-state index contributed by atoms with van der Waals surface area (Å²) in [5.74, 6) is -0.161. The Balaban J connectivity index is 1.44. The summed E-state index contributed by atoms with van der Waals surface area (Å²) in [5, 5.41) is 12.7. The summed E-state index contributed by atoms with van der Waals surface area (Å²) in [6.45, 7) is 3.76. The molecule has 1 unspecified atom stereocenters. The second-order valence-corrected chi connectivity index (χ2v) is 7.45. The average Bonchev–Trinajstić information content (AvgIpc) is 3.38. The molecule has 3 aromatic heterocycles. The molecule has 0 bridgehead atoms. The van der Waals surface area contributed by atoms with Gasteiger partial charge in [0.15, 0.2) is 0 Å². The quantitative estimate of drug-likeness (QED) is 0.726. The highest BCUT2D eigenvalue weighted by molar-refractivity contribution is 7.13. The van der Waals surface area contributed by atoms with Crippen molar-refractivity contribution in [3.63, 3.8) is 0 Å². The third kappa shape index (κ3) is 3.68. The zero-order valence-corrected chi connectivity index (χ0v) is 15.4. The molecule has 6 nitrogen and oxygen atoms in total. The normalized spacial score (nSPS) is 16.7. The zero-order valence-electron chi connectivity index (χ0n) is 14.6. The van der Waals surface area contributed by atoms with Crippen LogP contribution >= 0.6 is 11.3 Å². The van der Waals surface area contributed by atoms with E-state index in [4.69, 9.17) is 0 Å². The zero-order chi connectivity index (χ0) is 17.9. The molecular formula is C19H21N5OS. The molecule has 4 heterocycles. The minimum Gasteiger partial charge on any atom is -0.319 e. The minimum atomic E-state index is -0.161. The number of aromatic nitrogens is 3. The molecule has 7 heteroatoms. The van der Waals surface area contributed by atoms with Crippen LogP contribution in [0.1, 0.15) is 28.9 Å². The highest BCUT2D eigenvalue weighted by Crippen LogP contribution is 2.24. The van der Waals surface area contributed by atoms with Crippen molar-refractivity contribution < 1.29 is 4.79 Å². The molecule has 3 aromatic rings. The smallest absolute Gasteiger partial charge is 0.257 e. The number of aryl methyl sites for hydroxylation is 1. The van der Waals surface area contributed by atoms with E-state index in [2.05, 4.69) is 20.7 Å². The van der Waals surface area contributed by atoms with Crippen molar-refractivity contribution in [2.24, 2.45) is 0 Å². The van der Waals surface area contributed by atoms with E-state index in [1.807, 2.05) is 47.4 Å².